The van der Waals surface area contributed by atoms with Crippen LogP contribution in [-0.2, 0) is 15.6 Å². The molecule has 14 heteroatoms. The quantitative estimate of drug-likeness (QED) is 0.0951. The number of hydrogen-bond acceptors (Lipinski definition) is 10. The average molecular weight is 699 g/mol. The third kappa shape index (κ3) is 7.64. The van der Waals surface area contributed by atoms with Gasteiger partial charge in [0.2, 0.25) is 0 Å². The van der Waals surface area contributed by atoms with Crippen LogP contribution in [0.5, 0.6) is 0 Å². The monoisotopic (exact) mass is 698 g/mol. The van der Waals surface area contributed by atoms with Gasteiger partial charge in [-0.2, -0.15) is 0 Å². The highest BCUT2D eigenvalue weighted by Crippen LogP contribution is 2.38. The van der Waals surface area contributed by atoms with Crippen molar-refractivity contribution in [1.82, 2.24) is 14.7 Å². The number of nitro groups is 1. The summed E-state index contributed by atoms with van der Waals surface area (Å²) in [5.74, 6) is -1.54. The molecule has 5 rings (SSSR count). The zero-order valence-electron chi connectivity index (χ0n) is 29.8. The van der Waals surface area contributed by atoms with Gasteiger partial charge >= 0.3 is 6.09 Å². The number of rotatable bonds is 7. The number of nitrogens with one attached hydrogen (secondary N) is 2. The summed E-state index contributed by atoms with van der Waals surface area (Å²) in [5.41, 5.74) is -2.58. The molecule has 0 aliphatic heterocycles. The molecular weight excluding hydrogens is 659 g/mol. The highest BCUT2D eigenvalue weighted by molar-refractivity contribution is 6.19. The average Bonchev–Trinajstić information content (AvgIpc) is 3.63. The molecule has 0 bridgehead atoms. The van der Waals surface area contributed by atoms with E-state index in [1.807, 2.05) is 20.8 Å². The number of benzene rings is 2. The molecule has 0 fully saturated rings. The Morgan fingerprint density at radius 3 is 2.20 bits per heavy atom. The van der Waals surface area contributed by atoms with E-state index in [1.165, 1.54) is 41.0 Å². The van der Waals surface area contributed by atoms with Crippen LogP contribution >= 0.6 is 0 Å². The maximum absolute atomic E-state index is 15.6. The van der Waals surface area contributed by atoms with E-state index in [2.05, 4.69) is 20.8 Å². The summed E-state index contributed by atoms with van der Waals surface area (Å²) in [6.45, 7) is 16.1. The van der Waals surface area contributed by atoms with Crippen LogP contribution in [0.1, 0.15) is 100 Å². The standard InChI is InChI=1S/C37H39FN6O7/c1-35(2,3)26-19-28(42-51-26)41-33(46)20-14-16-23(38)22(18-20)30(45)29-21-15-17-27(39-24-12-10-11-13-25(24)44(48)49)40-32(21)43(31(29)36(4,5)6)34(47)50-37(7,8)9/h10-19H,1-9H3,(H,39,40)(H,41,42,46). The van der Waals surface area contributed by atoms with Gasteiger partial charge in [0.05, 0.1) is 16.1 Å². The van der Waals surface area contributed by atoms with Crippen molar-refractivity contribution in [3.63, 3.8) is 0 Å². The van der Waals surface area contributed by atoms with Crippen LogP contribution in [0.15, 0.2) is 65.2 Å². The first-order valence-electron chi connectivity index (χ1n) is 16.1. The summed E-state index contributed by atoms with van der Waals surface area (Å²) in [4.78, 5) is 57.5. The van der Waals surface area contributed by atoms with Crippen molar-refractivity contribution in [2.24, 2.45) is 0 Å². The van der Waals surface area contributed by atoms with E-state index in [0.29, 0.717) is 5.76 Å². The topological polar surface area (TPSA) is 171 Å². The molecule has 2 N–H and O–H groups in total. The molecule has 5 aromatic rings. The predicted molar refractivity (Wildman–Crippen MR) is 189 cm³/mol. The molecule has 2 aromatic carbocycles. The van der Waals surface area contributed by atoms with E-state index in [1.54, 1.807) is 53.7 Å². The minimum atomic E-state index is -0.946. The first-order valence-corrected chi connectivity index (χ1v) is 16.1. The second-order valence-electron chi connectivity index (χ2n) is 15.1. The lowest BCUT2D eigenvalue weighted by molar-refractivity contribution is -0.383. The van der Waals surface area contributed by atoms with Crippen molar-refractivity contribution in [3.05, 3.63) is 105 Å². The van der Waals surface area contributed by atoms with E-state index in [0.717, 1.165) is 12.1 Å². The Morgan fingerprint density at radius 2 is 1.59 bits per heavy atom. The second kappa shape index (κ2) is 13.1. The van der Waals surface area contributed by atoms with E-state index in [9.17, 15) is 24.5 Å². The van der Waals surface area contributed by atoms with Crippen LogP contribution in [0, 0.1) is 15.9 Å². The minimum absolute atomic E-state index is 0.00361. The van der Waals surface area contributed by atoms with E-state index in [-0.39, 0.29) is 56.3 Å². The van der Waals surface area contributed by atoms with Gasteiger partial charge in [-0.25, -0.2) is 18.7 Å². The van der Waals surface area contributed by atoms with Gasteiger partial charge in [-0.05, 0) is 57.2 Å². The highest BCUT2D eigenvalue weighted by atomic mass is 19.1. The van der Waals surface area contributed by atoms with Gasteiger partial charge in [0.1, 0.15) is 28.7 Å². The molecule has 0 radical (unpaired) electrons. The van der Waals surface area contributed by atoms with E-state index < -0.39 is 45.1 Å². The van der Waals surface area contributed by atoms with Gasteiger partial charge in [0.25, 0.3) is 11.6 Å². The maximum Gasteiger partial charge on any atom is 0.420 e. The number of ether oxygens (including phenoxy) is 1. The Labute approximate surface area is 293 Å². The third-order valence-electron chi connectivity index (χ3n) is 7.66. The summed E-state index contributed by atoms with van der Waals surface area (Å²) in [7, 11) is 0. The van der Waals surface area contributed by atoms with Gasteiger partial charge in [-0.3, -0.25) is 19.7 Å². The number of pyridine rings is 1. The molecular formula is C37H39FN6O7. The van der Waals surface area contributed by atoms with Crippen molar-refractivity contribution < 1.29 is 33.0 Å². The van der Waals surface area contributed by atoms with Crippen LogP contribution in [0.3, 0.4) is 0 Å². The second-order valence-corrected chi connectivity index (χ2v) is 15.1. The van der Waals surface area contributed by atoms with Crippen molar-refractivity contribution in [1.29, 1.82) is 0 Å². The fraction of sp³-hybridized carbons (Fsp3) is 0.324. The number of fused-ring (bicyclic) bond motifs is 1. The third-order valence-corrected chi connectivity index (χ3v) is 7.66. The van der Waals surface area contributed by atoms with Crippen molar-refractivity contribution in [2.45, 2.75) is 78.7 Å². The summed E-state index contributed by atoms with van der Waals surface area (Å²) < 4.78 is 27.9. The van der Waals surface area contributed by atoms with Gasteiger partial charge in [-0.15, -0.1) is 0 Å². The fourth-order valence-corrected chi connectivity index (χ4v) is 5.38. The zero-order valence-corrected chi connectivity index (χ0v) is 29.8. The van der Waals surface area contributed by atoms with E-state index in [4.69, 9.17) is 9.26 Å². The number of nitro benzene ring substituents is 1. The van der Waals surface area contributed by atoms with Gasteiger partial charge in [-0.1, -0.05) is 58.8 Å². The Bertz CT molecular complexity index is 2200. The van der Waals surface area contributed by atoms with Gasteiger partial charge < -0.3 is 19.9 Å². The predicted octanol–water partition coefficient (Wildman–Crippen LogP) is 8.68. The molecule has 1 amide bonds. The van der Waals surface area contributed by atoms with Crippen molar-refractivity contribution in [2.75, 3.05) is 10.6 Å². The summed E-state index contributed by atoms with van der Waals surface area (Å²) in [6.07, 6.45) is -0.845. The molecule has 0 saturated heterocycles. The first kappa shape index (κ1) is 36.4. The molecule has 0 spiro atoms. The SMILES string of the molecule is CC(C)(C)OC(=O)n1c(C(C)(C)C)c(C(=O)c2cc(C(=O)Nc3cc(C(C)(C)C)on3)ccc2F)c2ccc(Nc3ccccc3[N+](=O)[O-])nc21. The molecule has 0 saturated carbocycles. The molecule has 51 heavy (non-hydrogen) atoms. The van der Waals surface area contributed by atoms with Crippen LogP contribution < -0.4 is 10.6 Å². The molecule has 13 nitrogen and oxygen atoms in total. The number of halogens is 1. The number of ketones is 1. The first-order chi connectivity index (χ1) is 23.7. The number of carbonyl (C=O) groups is 3. The molecule has 266 valence electrons. The number of para-hydroxylation sites is 2. The van der Waals surface area contributed by atoms with Gasteiger partial charge in [0, 0.05) is 39.6 Å². The normalized spacial score (nSPS) is 12.1. The Morgan fingerprint density at radius 1 is 0.902 bits per heavy atom. The lowest BCUT2D eigenvalue weighted by atomic mass is 9.86. The minimum Gasteiger partial charge on any atom is -0.443 e. The number of hydrogen-bond donors (Lipinski definition) is 2. The molecule has 0 atom stereocenters. The molecule has 3 aromatic heterocycles. The van der Waals surface area contributed by atoms with Crippen LogP contribution in [0.25, 0.3) is 11.0 Å². The van der Waals surface area contributed by atoms with E-state index >= 15 is 4.39 Å². The number of carbonyl (C=O) groups excluding carboxylic acids is 3. The lowest BCUT2D eigenvalue weighted by Crippen LogP contribution is -2.31. The smallest absolute Gasteiger partial charge is 0.420 e. The highest BCUT2D eigenvalue weighted by Gasteiger charge is 2.36. The molecule has 0 aliphatic carbocycles. The zero-order chi connectivity index (χ0) is 37.6. The number of aromatic nitrogens is 3. The fourth-order valence-electron chi connectivity index (χ4n) is 5.38. The van der Waals surface area contributed by atoms with Crippen LogP contribution in [-0.4, -0.2) is 43.0 Å². The largest absolute Gasteiger partial charge is 0.443 e. The molecule has 0 unspecified atom stereocenters. The molecule has 3 heterocycles. The summed E-state index contributed by atoms with van der Waals surface area (Å²) in [5, 5.41) is 21.3. The maximum atomic E-state index is 15.6. The Balaban J connectivity index is 1.66. The van der Waals surface area contributed by atoms with Crippen molar-refractivity contribution >= 4 is 51.8 Å². The van der Waals surface area contributed by atoms with Crippen LogP contribution in [0.4, 0.5) is 32.2 Å². The summed E-state index contributed by atoms with van der Waals surface area (Å²) in [6, 6.07) is 14.0. The van der Waals surface area contributed by atoms with Gasteiger partial charge in [0.15, 0.2) is 17.2 Å². The summed E-state index contributed by atoms with van der Waals surface area (Å²) >= 11 is 0. The lowest BCUT2D eigenvalue weighted by Gasteiger charge is -2.25. The number of anilines is 3. The molecule has 0 aliphatic rings. The Hall–Kier alpha value is -5.92. The number of amides is 1. The number of nitrogens with zero attached hydrogens (tertiary/aromatic N) is 4. The van der Waals surface area contributed by atoms with Crippen LogP contribution in [0.2, 0.25) is 0 Å². The van der Waals surface area contributed by atoms with Crippen molar-refractivity contribution in [3.8, 4) is 0 Å². The Kier molecular flexibility index (Phi) is 9.33.